The highest BCUT2D eigenvalue weighted by molar-refractivity contribution is 5.94. The number of aryl methyl sites for hydroxylation is 1. The van der Waals surface area contributed by atoms with Crippen molar-refractivity contribution in [2.75, 3.05) is 0 Å². The number of fused-ring (bicyclic) bond motifs is 1. The maximum Gasteiger partial charge on any atom is 0.326 e. The normalized spacial score (nSPS) is 20.2. The lowest BCUT2D eigenvalue weighted by atomic mass is 9.76. The third-order valence-corrected chi connectivity index (χ3v) is 4.97. The van der Waals surface area contributed by atoms with E-state index in [4.69, 9.17) is 4.74 Å². The fourth-order valence-electron chi connectivity index (χ4n) is 3.09. The average molecular weight is 294 g/mol. The monoisotopic (exact) mass is 294 g/mol. The van der Waals surface area contributed by atoms with Crippen LogP contribution in [-0.2, 0) is 10.2 Å². The summed E-state index contributed by atoms with van der Waals surface area (Å²) >= 11 is 0. The summed E-state index contributed by atoms with van der Waals surface area (Å²) in [5.74, 6) is 1.03. The van der Waals surface area contributed by atoms with Crippen LogP contribution in [0.4, 0.5) is 0 Å². The smallest absolute Gasteiger partial charge is 0.326 e. The Balaban J connectivity index is 2.14. The van der Waals surface area contributed by atoms with Crippen LogP contribution in [0, 0.1) is 13.8 Å². The summed E-state index contributed by atoms with van der Waals surface area (Å²) in [4.78, 5) is 12.6. The van der Waals surface area contributed by atoms with Crippen molar-refractivity contribution >= 4 is 5.97 Å². The summed E-state index contributed by atoms with van der Waals surface area (Å²) in [7, 11) is 0. The van der Waals surface area contributed by atoms with Gasteiger partial charge in [-0.25, -0.2) is 0 Å². The summed E-state index contributed by atoms with van der Waals surface area (Å²) < 4.78 is 5.63. The Kier molecular flexibility index (Phi) is 3.36. The zero-order valence-electron chi connectivity index (χ0n) is 13.9. The van der Waals surface area contributed by atoms with Gasteiger partial charge in [-0.05, 0) is 48.9 Å². The molecular formula is C20H22O2. The molecule has 1 unspecified atom stereocenters. The first kappa shape index (κ1) is 14.8. The van der Waals surface area contributed by atoms with Gasteiger partial charge in [-0.1, -0.05) is 50.2 Å². The molecular weight excluding hydrogens is 272 g/mol. The minimum absolute atomic E-state index is 0.187. The molecule has 0 saturated carbocycles. The fourth-order valence-corrected chi connectivity index (χ4v) is 3.09. The Bertz CT molecular complexity index is 741. The highest BCUT2D eigenvalue weighted by atomic mass is 16.5. The average Bonchev–Trinajstić information content (AvgIpc) is 2.77. The molecule has 0 fully saturated rings. The first-order valence-corrected chi connectivity index (χ1v) is 7.79. The van der Waals surface area contributed by atoms with Crippen molar-refractivity contribution < 1.29 is 9.53 Å². The number of ether oxygens (including phenoxy) is 1. The second-order valence-electron chi connectivity index (χ2n) is 6.68. The second kappa shape index (κ2) is 4.98. The number of carbonyl (C=O) groups is 1. The van der Waals surface area contributed by atoms with E-state index < -0.39 is 5.41 Å². The molecule has 1 heterocycles. The van der Waals surface area contributed by atoms with Crippen LogP contribution in [0.3, 0.4) is 0 Å². The number of hydrogen-bond acceptors (Lipinski definition) is 2. The van der Waals surface area contributed by atoms with Gasteiger partial charge >= 0.3 is 5.97 Å². The van der Waals surface area contributed by atoms with Crippen LogP contribution in [0.1, 0.15) is 54.5 Å². The van der Waals surface area contributed by atoms with E-state index >= 15 is 0 Å². The molecule has 0 bridgehead atoms. The van der Waals surface area contributed by atoms with Crippen LogP contribution < -0.4 is 4.74 Å². The molecule has 114 valence electrons. The van der Waals surface area contributed by atoms with Crippen LogP contribution >= 0.6 is 0 Å². The van der Waals surface area contributed by atoms with E-state index in [-0.39, 0.29) is 5.97 Å². The highest BCUT2D eigenvalue weighted by Crippen LogP contribution is 2.46. The zero-order chi connectivity index (χ0) is 16.1. The number of benzene rings is 2. The Labute approximate surface area is 132 Å². The molecule has 2 aromatic carbocycles. The standard InChI is InChI=1S/C20H22O2/c1-12(2)15-7-9-16(10-8-15)20(5)17-11-6-13(3)14(4)18(17)22-19(20)21/h6-12H,1-5H3. The van der Waals surface area contributed by atoms with E-state index in [0.717, 1.165) is 28.0 Å². The van der Waals surface area contributed by atoms with Crippen molar-refractivity contribution in [1.29, 1.82) is 0 Å². The molecule has 1 aliphatic rings. The van der Waals surface area contributed by atoms with Crippen molar-refractivity contribution in [1.82, 2.24) is 0 Å². The molecule has 0 N–H and O–H groups in total. The molecule has 2 heteroatoms. The van der Waals surface area contributed by atoms with Gasteiger partial charge in [0.05, 0.1) is 0 Å². The maximum atomic E-state index is 12.6. The SMILES string of the molecule is Cc1ccc2c(c1C)OC(=O)C2(C)c1ccc(C(C)C)cc1. The Morgan fingerprint density at radius 2 is 1.64 bits per heavy atom. The predicted molar refractivity (Wildman–Crippen MR) is 88.5 cm³/mol. The molecule has 0 radical (unpaired) electrons. The number of esters is 1. The molecule has 1 aliphatic heterocycles. The van der Waals surface area contributed by atoms with Crippen LogP contribution in [-0.4, -0.2) is 5.97 Å². The lowest BCUT2D eigenvalue weighted by Crippen LogP contribution is -2.31. The largest absolute Gasteiger partial charge is 0.425 e. The molecule has 0 amide bonds. The number of rotatable bonds is 2. The third kappa shape index (κ3) is 1.98. The molecule has 2 aromatic rings. The summed E-state index contributed by atoms with van der Waals surface area (Å²) in [6, 6.07) is 12.4. The van der Waals surface area contributed by atoms with Gasteiger partial charge in [0.1, 0.15) is 11.2 Å². The zero-order valence-corrected chi connectivity index (χ0v) is 13.9. The van der Waals surface area contributed by atoms with Crippen molar-refractivity contribution in [3.05, 3.63) is 64.2 Å². The van der Waals surface area contributed by atoms with Crippen molar-refractivity contribution in [2.45, 2.75) is 46.0 Å². The first-order valence-electron chi connectivity index (χ1n) is 7.79. The highest BCUT2D eigenvalue weighted by Gasteiger charge is 2.47. The summed E-state index contributed by atoms with van der Waals surface area (Å²) in [5, 5.41) is 0. The lowest BCUT2D eigenvalue weighted by molar-refractivity contribution is -0.136. The van der Waals surface area contributed by atoms with Crippen LogP contribution in [0.5, 0.6) is 5.75 Å². The molecule has 1 atom stereocenters. The summed E-state index contributed by atoms with van der Waals surface area (Å²) in [5.41, 5.74) is 4.71. The van der Waals surface area contributed by atoms with Gasteiger partial charge in [0.25, 0.3) is 0 Å². The Morgan fingerprint density at radius 1 is 1.00 bits per heavy atom. The second-order valence-corrected chi connectivity index (χ2v) is 6.68. The Hall–Kier alpha value is -2.09. The molecule has 2 nitrogen and oxygen atoms in total. The van der Waals surface area contributed by atoms with Gasteiger partial charge in [0.2, 0.25) is 0 Å². The molecule has 22 heavy (non-hydrogen) atoms. The molecule has 0 aliphatic carbocycles. The summed E-state index contributed by atoms with van der Waals surface area (Å²) in [6.45, 7) is 10.3. The van der Waals surface area contributed by atoms with Gasteiger partial charge in [-0.15, -0.1) is 0 Å². The fraction of sp³-hybridized carbons (Fsp3) is 0.350. The minimum atomic E-state index is -0.719. The Morgan fingerprint density at radius 3 is 2.23 bits per heavy atom. The van der Waals surface area contributed by atoms with Crippen LogP contribution in [0.2, 0.25) is 0 Å². The third-order valence-electron chi connectivity index (χ3n) is 4.97. The number of carbonyl (C=O) groups excluding carboxylic acids is 1. The van der Waals surface area contributed by atoms with Gasteiger partial charge in [0.15, 0.2) is 0 Å². The molecule has 0 aromatic heterocycles. The predicted octanol–water partition coefficient (Wildman–Crippen LogP) is 4.65. The van der Waals surface area contributed by atoms with E-state index in [9.17, 15) is 4.79 Å². The number of hydrogen-bond donors (Lipinski definition) is 0. The topological polar surface area (TPSA) is 26.3 Å². The van der Waals surface area contributed by atoms with Crippen LogP contribution in [0.25, 0.3) is 0 Å². The van der Waals surface area contributed by atoms with Gasteiger partial charge in [0, 0.05) is 5.56 Å². The quantitative estimate of drug-likeness (QED) is 0.595. The molecule has 3 rings (SSSR count). The van der Waals surface area contributed by atoms with Gasteiger partial charge in [-0.3, -0.25) is 4.79 Å². The van der Waals surface area contributed by atoms with Gasteiger partial charge < -0.3 is 4.74 Å². The van der Waals surface area contributed by atoms with E-state index in [2.05, 4.69) is 44.2 Å². The first-order chi connectivity index (χ1) is 10.4. The van der Waals surface area contributed by atoms with Crippen molar-refractivity contribution in [3.8, 4) is 5.75 Å². The van der Waals surface area contributed by atoms with E-state index in [1.807, 2.05) is 26.8 Å². The van der Waals surface area contributed by atoms with E-state index in [1.165, 1.54) is 5.56 Å². The molecule has 0 spiro atoms. The van der Waals surface area contributed by atoms with Crippen molar-refractivity contribution in [2.24, 2.45) is 0 Å². The lowest BCUT2D eigenvalue weighted by Gasteiger charge is -2.22. The minimum Gasteiger partial charge on any atom is -0.425 e. The van der Waals surface area contributed by atoms with Gasteiger partial charge in [-0.2, -0.15) is 0 Å². The van der Waals surface area contributed by atoms with Crippen LogP contribution in [0.15, 0.2) is 36.4 Å². The summed E-state index contributed by atoms with van der Waals surface area (Å²) in [6.07, 6.45) is 0. The molecule has 0 saturated heterocycles. The maximum absolute atomic E-state index is 12.6. The van der Waals surface area contributed by atoms with E-state index in [0.29, 0.717) is 5.92 Å². The van der Waals surface area contributed by atoms with E-state index in [1.54, 1.807) is 0 Å². The van der Waals surface area contributed by atoms with Crippen molar-refractivity contribution in [3.63, 3.8) is 0 Å².